The number of aromatic nitrogens is 2. The molecule has 8 heteroatoms. The van der Waals surface area contributed by atoms with Gasteiger partial charge in [-0.05, 0) is 25.1 Å². The maximum absolute atomic E-state index is 13.5. The molecule has 0 atom stereocenters. The maximum atomic E-state index is 13.5. The van der Waals surface area contributed by atoms with Crippen molar-refractivity contribution in [2.45, 2.75) is 11.8 Å². The van der Waals surface area contributed by atoms with Crippen LogP contribution in [-0.4, -0.2) is 24.9 Å². The van der Waals surface area contributed by atoms with E-state index in [1.54, 1.807) is 0 Å². The molecular formula is C12H13FN4O2S. The molecule has 0 aliphatic rings. The van der Waals surface area contributed by atoms with Gasteiger partial charge in [-0.3, -0.25) is 9.71 Å². The summed E-state index contributed by atoms with van der Waals surface area (Å²) in [4.78, 5) is 7.48. The van der Waals surface area contributed by atoms with Crippen LogP contribution in [0.3, 0.4) is 0 Å². The lowest BCUT2D eigenvalue weighted by molar-refractivity contribution is 0.598. The highest BCUT2D eigenvalue weighted by Crippen LogP contribution is 2.22. The van der Waals surface area contributed by atoms with Gasteiger partial charge in [-0.25, -0.2) is 17.8 Å². The first kappa shape index (κ1) is 14.2. The van der Waals surface area contributed by atoms with Crippen LogP contribution >= 0.6 is 0 Å². The Labute approximate surface area is 116 Å². The lowest BCUT2D eigenvalue weighted by Gasteiger charge is -2.12. The van der Waals surface area contributed by atoms with Crippen molar-refractivity contribution in [1.29, 1.82) is 0 Å². The molecule has 20 heavy (non-hydrogen) atoms. The maximum Gasteiger partial charge on any atom is 0.265 e. The molecule has 6 nitrogen and oxygen atoms in total. The second-order valence-electron chi connectivity index (χ2n) is 3.84. The fourth-order valence-corrected chi connectivity index (χ4v) is 2.77. The van der Waals surface area contributed by atoms with Gasteiger partial charge in [0.25, 0.3) is 10.0 Å². The summed E-state index contributed by atoms with van der Waals surface area (Å²) in [6.45, 7) is 2.34. The van der Waals surface area contributed by atoms with Gasteiger partial charge >= 0.3 is 0 Å². The number of hydrogen-bond donors (Lipinski definition) is 2. The number of sulfonamides is 1. The highest BCUT2D eigenvalue weighted by atomic mass is 32.2. The zero-order chi connectivity index (χ0) is 14.6. The SMILES string of the molecule is CCNc1ncccc1S(=O)(=O)Nc1ccncc1F. The summed E-state index contributed by atoms with van der Waals surface area (Å²) in [5, 5.41) is 2.85. The second-order valence-corrected chi connectivity index (χ2v) is 5.49. The molecule has 0 amide bonds. The van der Waals surface area contributed by atoms with Crippen LogP contribution in [0.1, 0.15) is 6.92 Å². The third kappa shape index (κ3) is 3.02. The van der Waals surface area contributed by atoms with Crippen LogP contribution in [0.2, 0.25) is 0 Å². The Hall–Kier alpha value is -2.22. The van der Waals surface area contributed by atoms with Crippen molar-refractivity contribution in [3.05, 3.63) is 42.6 Å². The molecular weight excluding hydrogens is 283 g/mol. The van der Waals surface area contributed by atoms with E-state index in [-0.39, 0.29) is 16.4 Å². The summed E-state index contributed by atoms with van der Waals surface area (Å²) in [5.41, 5.74) is -0.161. The van der Waals surface area contributed by atoms with E-state index in [0.717, 1.165) is 6.20 Å². The van der Waals surface area contributed by atoms with Crippen LogP contribution < -0.4 is 10.0 Å². The van der Waals surface area contributed by atoms with Crippen LogP contribution in [0.15, 0.2) is 41.7 Å². The molecule has 106 valence electrons. The molecule has 0 saturated heterocycles. The molecule has 2 N–H and O–H groups in total. The van der Waals surface area contributed by atoms with Crippen molar-refractivity contribution in [1.82, 2.24) is 9.97 Å². The predicted octanol–water partition coefficient (Wildman–Crippen LogP) is 1.85. The summed E-state index contributed by atoms with van der Waals surface area (Å²) in [6, 6.07) is 4.14. The van der Waals surface area contributed by atoms with Gasteiger partial charge in [-0.1, -0.05) is 0 Å². The Balaban J connectivity index is 2.39. The van der Waals surface area contributed by atoms with E-state index < -0.39 is 15.8 Å². The minimum absolute atomic E-state index is 0.0435. The van der Waals surface area contributed by atoms with E-state index in [0.29, 0.717) is 6.54 Å². The summed E-state index contributed by atoms with van der Waals surface area (Å²) < 4.78 is 40.2. The Kier molecular flexibility index (Phi) is 4.14. The van der Waals surface area contributed by atoms with Crippen molar-refractivity contribution >= 4 is 21.5 Å². The fourth-order valence-electron chi connectivity index (χ4n) is 1.57. The minimum Gasteiger partial charge on any atom is -0.369 e. The molecule has 0 fully saturated rings. The molecule has 0 aliphatic heterocycles. The smallest absolute Gasteiger partial charge is 0.265 e. The van der Waals surface area contributed by atoms with E-state index >= 15 is 0 Å². The third-order valence-corrected chi connectivity index (χ3v) is 3.82. The van der Waals surface area contributed by atoms with E-state index in [9.17, 15) is 12.8 Å². The molecule has 0 aromatic carbocycles. The topological polar surface area (TPSA) is 84.0 Å². The predicted molar refractivity (Wildman–Crippen MR) is 73.4 cm³/mol. The molecule has 0 bridgehead atoms. The standard InChI is InChI=1S/C12H13FN4O2S/c1-2-15-12-11(4-3-6-16-12)20(18,19)17-10-5-7-14-8-9(10)13/h3-8H,2H2,1H3,(H,14,17)(H,15,16). The van der Waals surface area contributed by atoms with Gasteiger partial charge in [0.15, 0.2) is 5.82 Å². The van der Waals surface area contributed by atoms with E-state index in [1.807, 2.05) is 6.92 Å². The number of nitrogens with zero attached hydrogens (tertiary/aromatic N) is 2. The van der Waals surface area contributed by atoms with E-state index in [2.05, 4.69) is 20.0 Å². The summed E-state index contributed by atoms with van der Waals surface area (Å²) in [5.74, 6) is -0.526. The Bertz CT molecular complexity index is 706. The van der Waals surface area contributed by atoms with Gasteiger partial charge in [-0.2, -0.15) is 0 Å². The first-order valence-electron chi connectivity index (χ1n) is 5.86. The van der Waals surface area contributed by atoms with Crippen molar-refractivity contribution in [2.75, 3.05) is 16.6 Å². The molecule has 0 spiro atoms. The lowest BCUT2D eigenvalue weighted by atomic mass is 10.4. The van der Waals surface area contributed by atoms with Gasteiger partial charge in [0.05, 0.1) is 11.9 Å². The molecule has 2 heterocycles. The average Bonchev–Trinajstić information content (AvgIpc) is 2.42. The molecule has 0 radical (unpaired) electrons. The minimum atomic E-state index is -3.93. The third-order valence-electron chi connectivity index (χ3n) is 2.42. The zero-order valence-electron chi connectivity index (χ0n) is 10.7. The number of nitrogens with one attached hydrogen (secondary N) is 2. The number of hydrogen-bond acceptors (Lipinski definition) is 5. The van der Waals surface area contributed by atoms with Crippen molar-refractivity contribution in [3.63, 3.8) is 0 Å². The van der Waals surface area contributed by atoms with Crippen LogP contribution in [-0.2, 0) is 10.0 Å². The quantitative estimate of drug-likeness (QED) is 0.879. The first-order chi connectivity index (χ1) is 9.54. The number of rotatable bonds is 5. The highest BCUT2D eigenvalue weighted by Gasteiger charge is 2.20. The van der Waals surface area contributed by atoms with Gasteiger partial charge in [-0.15, -0.1) is 0 Å². The molecule has 2 aromatic heterocycles. The van der Waals surface area contributed by atoms with Gasteiger partial charge in [0, 0.05) is 18.9 Å². The number of halogens is 1. The molecule has 2 aromatic rings. The Morgan fingerprint density at radius 1 is 1.30 bits per heavy atom. The molecule has 0 unspecified atom stereocenters. The van der Waals surface area contributed by atoms with Crippen molar-refractivity contribution in [2.24, 2.45) is 0 Å². The van der Waals surface area contributed by atoms with Gasteiger partial charge in [0.2, 0.25) is 0 Å². The summed E-state index contributed by atoms with van der Waals surface area (Å²) >= 11 is 0. The summed E-state index contributed by atoms with van der Waals surface area (Å²) in [6.07, 6.45) is 3.71. The Morgan fingerprint density at radius 3 is 2.80 bits per heavy atom. The lowest BCUT2D eigenvalue weighted by Crippen LogP contribution is -2.17. The molecule has 0 aliphatic carbocycles. The monoisotopic (exact) mass is 296 g/mol. The first-order valence-corrected chi connectivity index (χ1v) is 7.34. The summed E-state index contributed by atoms with van der Waals surface area (Å²) in [7, 11) is -3.93. The Morgan fingerprint density at radius 2 is 2.10 bits per heavy atom. The van der Waals surface area contributed by atoms with Crippen LogP contribution in [0.5, 0.6) is 0 Å². The number of anilines is 2. The molecule has 0 saturated carbocycles. The number of pyridine rings is 2. The van der Waals surface area contributed by atoms with Crippen LogP contribution in [0.25, 0.3) is 0 Å². The van der Waals surface area contributed by atoms with Crippen LogP contribution in [0.4, 0.5) is 15.9 Å². The second kappa shape index (κ2) is 5.83. The fraction of sp³-hybridized carbons (Fsp3) is 0.167. The van der Waals surface area contributed by atoms with Crippen molar-refractivity contribution in [3.8, 4) is 0 Å². The zero-order valence-corrected chi connectivity index (χ0v) is 11.5. The molecule has 2 rings (SSSR count). The highest BCUT2D eigenvalue weighted by molar-refractivity contribution is 7.92. The van der Waals surface area contributed by atoms with E-state index in [1.165, 1.54) is 30.6 Å². The van der Waals surface area contributed by atoms with E-state index in [4.69, 9.17) is 0 Å². The largest absolute Gasteiger partial charge is 0.369 e. The van der Waals surface area contributed by atoms with Gasteiger partial charge < -0.3 is 5.32 Å². The normalized spacial score (nSPS) is 11.1. The van der Waals surface area contributed by atoms with Crippen molar-refractivity contribution < 1.29 is 12.8 Å². The average molecular weight is 296 g/mol. The van der Waals surface area contributed by atoms with Gasteiger partial charge in [0.1, 0.15) is 10.7 Å². The van der Waals surface area contributed by atoms with Crippen LogP contribution in [0, 0.1) is 5.82 Å².